The van der Waals surface area contributed by atoms with E-state index in [1.54, 1.807) is 17.8 Å². The second-order valence-corrected chi connectivity index (χ2v) is 6.70. The molecule has 0 atom stereocenters. The topological polar surface area (TPSA) is 0 Å². The Morgan fingerprint density at radius 3 is 2.00 bits per heavy atom. The summed E-state index contributed by atoms with van der Waals surface area (Å²) in [5, 5.41) is 0. The van der Waals surface area contributed by atoms with Crippen LogP contribution in [0.5, 0.6) is 0 Å². The first-order valence-corrected chi connectivity index (χ1v) is 7.02. The van der Waals surface area contributed by atoms with Gasteiger partial charge in [0.05, 0.1) is 5.56 Å². The lowest BCUT2D eigenvalue weighted by atomic mass is 10.00. The molecule has 106 valence electrons. The van der Waals surface area contributed by atoms with Gasteiger partial charge in [0.15, 0.2) is 0 Å². The van der Waals surface area contributed by atoms with E-state index in [1.807, 2.05) is 44.2 Å². The van der Waals surface area contributed by atoms with Crippen LogP contribution in [0.15, 0.2) is 59.5 Å². The highest BCUT2D eigenvalue weighted by Gasteiger charge is 2.32. The van der Waals surface area contributed by atoms with E-state index in [9.17, 15) is 13.2 Å². The number of halogens is 3. The Kier molecular flexibility index (Phi) is 4.14. The average Bonchev–Trinajstić information content (AvgIpc) is 2.38. The Hall–Kier alpha value is -1.42. The van der Waals surface area contributed by atoms with Gasteiger partial charge >= 0.3 is 6.18 Å². The van der Waals surface area contributed by atoms with Gasteiger partial charge in [-0.2, -0.15) is 13.2 Å². The highest BCUT2D eigenvalue weighted by molar-refractivity contribution is 8.00. The third kappa shape index (κ3) is 3.57. The van der Waals surface area contributed by atoms with E-state index in [2.05, 4.69) is 0 Å². The Labute approximate surface area is 121 Å². The van der Waals surface area contributed by atoms with Crippen molar-refractivity contribution >= 4 is 11.8 Å². The molecule has 0 N–H and O–H groups in total. The fraction of sp³-hybridized carbons (Fsp3) is 0.250. The molecule has 0 amide bonds. The SMILES string of the molecule is CC(C)(Sc1ccccc1)c1cccc(C(F)(F)F)c1. The highest BCUT2D eigenvalue weighted by atomic mass is 32.2. The van der Waals surface area contributed by atoms with Crippen molar-refractivity contribution in [2.75, 3.05) is 0 Å². The molecule has 0 aromatic heterocycles. The maximum absolute atomic E-state index is 12.8. The molecular weight excluding hydrogens is 281 g/mol. The first kappa shape index (κ1) is 15.0. The summed E-state index contributed by atoms with van der Waals surface area (Å²) in [6.45, 7) is 3.86. The molecule has 0 bridgehead atoms. The smallest absolute Gasteiger partial charge is 0.166 e. The second kappa shape index (κ2) is 5.52. The van der Waals surface area contributed by atoms with Gasteiger partial charge in [0.1, 0.15) is 0 Å². The van der Waals surface area contributed by atoms with E-state index < -0.39 is 16.5 Å². The van der Waals surface area contributed by atoms with Gasteiger partial charge in [0, 0.05) is 9.64 Å². The number of hydrogen-bond donors (Lipinski definition) is 0. The molecule has 0 aliphatic carbocycles. The Balaban J connectivity index is 2.30. The van der Waals surface area contributed by atoms with Gasteiger partial charge in [0.25, 0.3) is 0 Å². The van der Waals surface area contributed by atoms with Crippen LogP contribution < -0.4 is 0 Å². The summed E-state index contributed by atoms with van der Waals surface area (Å²) < 4.78 is 37.9. The Morgan fingerprint density at radius 2 is 1.40 bits per heavy atom. The quantitative estimate of drug-likeness (QED) is 0.651. The number of thioether (sulfide) groups is 1. The van der Waals surface area contributed by atoms with Gasteiger partial charge in [-0.1, -0.05) is 36.4 Å². The van der Waals surface area contributed by atoms with Crippen molar-refractivity contribution in [3.8, 4) is 0 Å². The minimum Gasteiger partial charge on any atom is -0.166 e. The minimum atomic E-state index is -4.30. The van der Waals surface area contributed by atoms with E-state index in [4.69, 9.17) is 0 Å². The minimum absolute atomic E-state index is 0.428. The number of alkyl halides is 3. The summed E-state index contributed by atoms with van der Waals surface area (Å²) in [5.41, 5.74) is 0.0675. The maximum Gasteiger partial charge on any atom is 0.416 e. The molecule has 0 unspecified atom stereocenters. The van der Waals surface area contributed by atoms with Crippen molar-refractivity contribution in [2.24, 2.45) is 0 Å². The van der Waals surface area contributed by atoms with Crippen LogP contribution in [0, 0.1) is 0 Å². The van der Waals surface area contributed by atoms with Crippen LogP contribution in [0.25, 0.3) is 0 Å². The average molecular weight is 296 g/mol. The van der Waals surface area contributed by atoms with Crippen LogP contribution in [-0.2, 0) is 10.9 Å². The summed E-state index contributed by atoms with van der Waals surface area (Å²) >= 11 is 1.55. The molecule has 0 radical (unpaired) electrons. The van der Waals surface area contributed by atoms with E-state index in [1.165, 1.54) is 12.1 Å². The predicted molar refractivity (Wildman–Crippen MR) is 76.8 cm³/mol. The lowest BCUT2D eigenvalue weighted by Crippen LogP contribution is -2.14. The molecular formula is C16H15F3S. The van der Waals surface area contributed by atoms with E-state index in [-0.39, 0.29) is 0 Å². The molecule has 0 saturated heterocycles. The second-order valence-electron chi connectivity index (χ2n) is 5.00. The maximum atomic E-state index is 12.8. The van der Waals surface area contributed by atoms with Gasteiger partial charge in [0.2, 0.25) is 0 Å². The van der Waals surface area contributed by atoms with Gasteiger partial charge in [-0.15, -0.1) is 11.8 Å². The lowest BCUT2D eigenvalue weighted by Gasteiger charge is -2.25. The van der Waals surface area contributed by atoms with Crippen molar-refractivity contribution in [2.45, 2.75) is 29.7 Å². The fourth-order valence-electron chi connectivity index (χ4n) is 1.91. The first-order chi connectivity index (χ1) is 9.29. The van der Waals surface area contributed by atoms with Crippen LogP contribution in [0.4, 0.5) is 13.2 Å². The third-order valence-electron chi connectivity index (χ3n) is 3.00. The number of hydrogen-bond acceptors (Lipinski definition) is 1. The van der Waals surface area contributed by atoms with Crippen LogP contribution in [0.1, 0.15) is 25.0 Å². The molecule has 20 heavy (non-hydrogen) atoms. The first-order valence-electron chi connectivity index (χ1n) is 6.21. The Bertz CT molecular complexity index is 574. The van der Waals surface area contributed by atoms with Crippen molar-refractivity contribution in [1.82, 2.24) is 0 Å². The van der Waals surface area contributed by atoms with Crippen molar-refractivity contribution in [3.05, 3.63) is 65.7 Å². The Morgan fingerprint density at radius 1 is 0.800 bits per heavy atom. The molecule has 0 aliphatic heterocycles. The summed E-state index contributed by atoms with van der Waals surface area (Å²) in [7, 11) is 0. The van der Waals surface area contributed by atoms with Crippen LogP contribution >= 0.6 is 11.8 Å². The molecule has 4 heteroatoms. The normalized spacial score (nSPS) is 12.4. The van der Waals surface area contributed by atoms with Gasteiger partial charge in [-0.3, -0.25) is 0 Å². The van der Waals surface area contributed by atoms with E-state index in [0.717, 1.165) is 11.0 Å². The summed E-state index contributed by atoms with van der Waals surface area (Å²) in [5.74, 6) is 0. The molecule has 0 spiro atoms. The summed E-state index contributed by atoms with van der Waals surface area (Å²) in [6.07, 6.45) is -4.30. The summed E-state index contributed by atoms with van der Waals surface area (Å²) in [6, 6.07) is 15.2. The standard InChI is InChI=1S/C16H15F3S/c1-15(2,20-14-9-4-3-5-10-14)12-7-6-8-13(11-12)16(17,18)19/h3-11H,1-2H3. The number of rotatable bonds is 3. The predicted octanol–water partition coefficient (Wildman–Crippen LogP) is 5.73. The van der Waals surface area contributed by atoms with Crippen molar-refractivity contribution in [3.63, 3.8) is 0 Å². The zero-order valence-electron chi connectivity index (χ0n) is 11.2. The van der Waals surface area contributed by atoms with E-state index >= 15 is 0 Å². The molecule has 2 rings (SSSR count). The number of benzene rings is 2. The molecule has 2 aromatic rings. The molecule has 0 heterocycles. The molecule has 2 aromatic carbocycles. The molecule has 0 aliphatic rings. The monoisotopic (exact) mass is 296 g/mol. The zero-order chi connectivity index (χ0) is 14.8. The third-order valence-corrected chi connectivity index (χ3v) is 4.26. The fourth-order valence-corrected chi connectivity index (χ4v) is 3.04. The highest BCUT2D eigenvalue weighted by Crippen LogP contribution is 2.42. The molecule has 0 nitrogen and oxygen atoms in total. The molecule has 0 saturated carbocycles. The van der Waals surface area contributed by atoms with Crippen molar-refractivity contribution < 1.29 is 13.2 Å². The van der Waals surface area contributed by atoms with Crippen LogP contribution in [0.2, 0.25) is 0 Å². The molecule has 0 fully saturated rings. The largest absolute Gasteiger partial charge is 0.416 e. The lowest BCUT2D eigenvalue weighted by molar-refractivity contribution is -0.137. The van der Waals surface area contributed by atoms with Gasteiger partial charge in [-0.05, 0) is 37.6 Å². The van der Waals surface area contributed by atoms with Gasteiger partial charge in [-0.25, -0.2) is 0 Å². The summed E-state index contributed by atoms with van der Waals surface area (Å²) in [4.78, 5) is 1.04. The zero-order valence-corrected chi connectivity index (χ0v) is 12.1. The van der Waals surface area contributed by atoms with Crippen LogP contribution in [0.3, 0.4) is 0 Å². The van der Waals surface area contributed by atoms with Gasteiger partial charge < -0.3 is 0 Å². The van der Waals surface area contributed by atoms with E-state index in [0.29, 0.717) is 5.56 Å². The van der Waals surface area contributed by atoms with Crippen molar-refractivity contribution in [1.29, 1.82) is 0 Å². The van der Waals surface area contributed by atoms with Crippen LogP contribution in [-0.4, -0.2) is 0 Å².